The van der Waals surface area contributed by atoms with Crippen molar-refractivity contribution in [1.82, 2.24) is 0 Å². The van der Waals surface area contributed by atoms with Crippen molar-refractivity contribution in [2.24, 2.45) is 5.73 Å². The lowest BCUT2D eigenvalue weighted by molar-refractivity contribution is 0.423. The largest absolute Gasteiger partial charge is 0.329 e. The van der Waals surface area contributed by atoms with Gasteiger partial charge in [-0.15, -0.1) is 0 Å². The van der Waals surface area contributed by atoms with Crippen LogP contribution in [0.3, 0.4) is 0 Å². The molecule has 0 amide bonds. The van der Waals surface area contributed by atoms with Gasteiger partial charge in [0.05, 0.1) is 0 Å². The summed E-state index contributed by atoms with van der Waals surface area (Å²) in [6.45, 7) is 0.415. The van der Waals surface area contributed by atoms with Crippen molar-refractivity contribution in [3.63, 3.8) is 0 Å². The molecule has 0 aromatic heterocycles. The molecule has 1 fully saturated rings. The minimum absolute atomic E-state index is 0.346. The molecule has 1 nitrogen and oxygen atoms in total. The van der Waals surface area contributed by atoms with E-state index in [4.69, 9.17) is 5.73 Å². The highest BCUT2D eigenvalue weighted by atomic mass is 19.1. The van der Waals surface area contributed by atoms with Gasteiger partial charge in [-0.25, -0.2) is 4.39 Å². The lowest BCUT2D eigenvalue weighted by Crippen LogP contribution is -2.22. The standard InChI is InChI=1S/C10H12FN/c11-9-6-10(9,7-12)8-4-2-1-3-5-8/h1-5,9H,6-7,12H2/t9-,10+/m1/s1. The summed E-state index contributed by atoms with van der Waals surface area (Å²) in [6.07, 6.45) is -0.141. The SMILES string of the molecule is NC[C@]1(c2ccccc2)C[C@H]1F. The predicted molar refractivity (Wildman–Crippen MR) is 46.7 cm³/mol. The van der Waals surface area contributed by atoms with Crippen molar-refractivity contribution in [2.45, 2.75) is 18.0 Å². The normalized spacial score (nSPS) is 33.3. The minimum Gasteiger partial charge on any atom is -0.329 e. The van der Waals surface area contributed by atoms with Gasteiger partial charge in [0.15, 0.2) is 0 Å². The van der Waals surface area contributed by atoms with Crippen LogP contribution in [0.5, 0.6) is 0 Å². The molecule has 64 valence electrons. The van der Waals surface area contributed by atoms with Gasteiger partial charge < -0.3 is 5.73 Å². The van der Waals surface area contributed by atoms with E-state index in [2.05, 4.69) is 0 Å². The third-order valence-corrected chi connectivity index (χ3v) is 2.70. The van der Waals surface area contributed by atoms with Crippen LogP contribution in [-0.2, 0) is 5.41 Å². The quantitative estimate of drug-likeness (QED) is 0.708. The van der Waals surface area contributed by atoms with E-state index in [1.165, 1.54) is 0 Å². The maximum absolute atomic E-state index is 13.0. The molecule has 1 saturated carbocycles. The zero-order chi connectivity index (χ0) is 8.60. The molecule has 1 aromatic carbocycles. The second-order valence-corrected chi connectivity index (χ2v) is 3.40. The zero-order valence-electron chi connectivity index (χ0n) is 6.83. The van der Waals surface area contributed by atoms with Crippen LogP contribution in [-0.4, -0.2) is 12.7 Å². The lowest BCUT2D eigenvalue weighted by Gasteiger charge is -2.11. The van der Waals surface area contributed by atoms with Crippen LogP contribution in [0, 0.1) is 0 Å². The maximum atomic E-state index is 13.0. The molecule has 12 heavy (non-hydrogen) atoms. The Bertz CT molecular complexity index is 268. The summed E-state index contributed by atoms with van der Waals surface area (Å²) in [4.78, 5) is 0. The first-order chi connectivity index (χ1) is 5.79. The van der Waals surface area contributed by atoms with Crippen LogP contribution in [0.4, 0.5) is 4.39 Å². The molecule has 0 heterocycles. The summed E-state index contributed by atoms with van der Waals surface area (Å²) in [7, 11) is 0. The third kappa shape index (κ3) is 0.950. The van der Waals surface area contributed by atoms with E-state index >= 15 is 0 Å². The molecule has 0 radical (unpaired) electrons. The Kier molecular flexibility index (Phi) is 1.65. The predicted octanol–water partition coefficient (Wildman–Crippen LogP) is 1.62. The van der Waals surface area contributed by atoms with Crippen molar-refractivity contribution in [2.75, 3.05) is 6.54 Å². The van der Waals surface area contributed by atoms with E-state index in [0.717, 1.165) is 5.56 Å². The van der Waals surface area contributed by atoms with Crippen molar-refractivity contribution >= 4 is 0 Å². The highest BCUT2D eigenvalue weighted by Gasteiger charge is 2.55. The number of benzene rings is 1. The number of halogens is 1. The second kappa shape index (κ2) is 2.56. The summed E-state index contributed by atoms with van der Waals surface area (Å²) in [6, 6.07) is 9.69. The third-order valence-electron chi connectivity index (χ3n) is 2.70. The van der Waals surface area contributed by atoms with Crippen molar-refractivity contribution < 1.29 is 4.39 Å². The van der Waals surface area contributed by atoms with Gasteiger partial charge in [0, 0.05) is 12.0 Å². The van der Waals surface area contributed by atoms with Crippen LogP contribution >= 0.6 is 0 Å². The molecule has 2 atom stereocenters. The highest BCUT2D eigenvalue weighted by Crippen LogP contribution is 2.49. The summed E-state index contributed by atoms with van der Waals surface area (Å²) in [5, 5.41) is 0. The van der Waals surface area contributed by atoms with Crippen LogP contribution < -0.4 is 5.73 Å². The molecule has 0 saturated heterocycles. The minimum atomic E-state index is -0.732. The summed E-state index contributed by atoms with van der Waals surface area (Å²) < 4.78 is 13.0. The van der Waals surface area contributed by atoms with Gasteiger partial charge in [-0.2, -0.15) is 0 Å². The molecule has 1 aliphatic carbocycles. The molecule has 2 rings (SSSR count). The van der Waals surface area contributed by atoms with Gasteiger partial charge in [0.2, 0.25) is 0 Å². The second-order valence-electron chi connectivity index (χ2n) is 3.40. The smallest absolute Gasteiger partial charge is 0.112 e. The first-order valence-electron chi connectivity index (χ1n) is 4.19. The fraction of sp³-hybridized carbons (Fsp3) is 0.400. The van der Waals surface area contributed by atoms with Gasteiger partial charge in [-0.1, -0.05) is 30.3 Å². The summed E-state index contributed by atoms with van der Waals surface area (Å²) >= 11 is 0. The molecule has 0 unspecified atom stereocenters. The molecule has 1 aliphatic rings. The zero-order valence-corrected chi connectivity index (χ0v) is 6.83. The Balaban J connectivity index is 2.31. The van der Waals surface area contributed by atoms with Crippen LogP contribution in [0.15, 0.2) is 30.3 Å². The van der Waals surface area contributed by atoms with E-state index in [1.54, 1.807) is 0 Å². The topological polar surface area (TPSA) is 26.0 Å². The molecule has 2 heteroatoms. The number of hydrogen-bond acceptors (Lipinski definition) is 1. The Hall–Kier alpha value is -0.890. The Morgan fingerprint density at radius 1 is 1.42 bits per heavy atom. The van der Waals surface area contributed by atoms with E-state index in [9.17, 15) is 4.39 Å². The fourth-order valence-electron chi connectivity index (χ4n) is 1.66. The summed E-state index contributed by atoms with van der Waals surface area (Å²) in [5.41, 5.74) is 6.25. The van der Waals surface area contributed by atoms with Gasteiger partial charge in [0.1, 0.15) is 6.17 Å². The van der Waals surface area contributed by atoms with Gasteiger partial charge >= 0.3 is 0 Å². The van der Waals surface area contributed by atoms with Crippen molar-refractivity contribution in [3.8, 4) is 0 Å². The highest BCUT2D eigenvalue weighted by molar-refractivity contribution is 5.35. The van der Waals surface area contributed by atoms with Crippen LogP contribution in [0.2, 0.25) is 0 Å². The monoisotopic (exact) mass is 165 g/mol. The maximum Gasteiger partial charge on any atom is 0.112 e. The number of rotatable bonds is 2. The number of nitrogens with two attached hydrogens (primary N) is 1. The Morgan fingerprint density at radius 2 is 2.00 bits per heavy atom. The van der Waals surface area contributed by atoms with Crippen molar-refractivity contribution in [1.29, 1.82) is 0 Å². The Labute approximate surface area is 71.4 Å². The first kappa shape index (κ1) is 7.74. The average Bonchev–Trinajstić information content (AvgIpc) is 2.80. The van der Waals surface area contributed by atoms with Gasteiger partial charge in [0.25, 0.3) is 0 Å². The molecule has 0 aliphatic heterocycles. The van der Waals surface area contributed by atoms with E-state index in [0.29, 0.717) is 13.0 Å². The van der Waals surface area contributed by atoms with E-state index in [1.807, 2.05) is 30.3 Å². The molecule has 0 spiro atoms. The molecular formula is C10H12FN. The molecule has 2 N–H and O–H groups in total. The molecule has 1 aromatic rings. The van der Waals surface area contributed by atoms with Gasteiger partial charge in [-0.3, -0.25) is 0 Å². The summed E-state index contributed by atoms with van der Waals surface area (Å²) in [5.74, 6) is 0. The van der Waals surface area contributed by atoms with Crippen LogP contribution in [0.1, 0.15) is 12.0 Å². The van der Waals surface area contributed by atoms with E-state index < -0.39 is 6.17 Å². The fourth-order valence-corrected chi connectivity index (χ4v) is 1.66. The molecular weight excluding hydrogens is 153 g/mol. The molecule has 0 bridgehead atoms. The van der Waals surface area contributed by atoms with Crippen molar-refractivity contribution in [3.05, 3.63) is 35.9 Å². The number of alkyl halides is 1. The van der Waals surface area contributed by atoms with Gasteiger partial charge in [-0.05, 0) is 12.0 Å². The van der Waals surface area contributed by atoms with E-state index in [-0.39, 0.29) is 5.41 Å². The Morgan fingerprint density at radius 3 is 2.42 bits per heavy atom. The average molecular weight is 165 g/mol. The van der Waals surface area contributed by atoms with Crippen LogP contribution in [0.25, 0.3) is 0 Å². The first-order valence-corrected chi connectivity index (χ1v) is 4.19. The lowest BCUT2D eigenvalue weighted by atomic mass is 9.96. The number of hydrogen-bond donors (Lipinski definition) is 1.